The molecule has 10 heteroatoms. The molecule has 1 aliphatic rings. The molecule has 2 rings (SSSR count). The second-order valence-corrected chi connectivity index (χ2v) is 9.41. The lowest BCUT2D eigenvalue weighted by Gasteiger charge is -2.31. The van der Waals surface area contributed by atoms with Gasteiger partial charge in [-0.2, -0.15) is 0 Å². The number of rotatable bonds is 12. The second-order valence-electron chi connectivity index (χ2n) is 9.41. The van der Waals surface area contributed by atoms with Crippen molar-refractivity contribution in [2.24, 2.45) is 23.5 Å². The largest absolute Gasteiger partial charge is 0.391 e. The molecule has 7 N–H and O–H groups in total. The quantitative estimate of drug-likeness (QED) is 0.229. The van der Waals surface area contributed by atoms with E-state index in [1.54, 1.807) is 13.8 Å². The Kier molecular flexibility index (Phi) is 11.3. The molecular weight excluding hydrogens is 450 g/mol. The average molecular weight is 490 g/mol. The van der Waals surface area contributed by atoms with Gasteiger partial charge < -0.3 is 32.1 Å². The molecule has 0 radical (unpaired) electrons. The summed E-state index contributed by atoms with van der Waals surface area (Å²) in [6.45, 7) is 6.26. The van der Waals surface area contributed by atoms with Crippen molar-refractivity contribution in [1.82, 2.24) is 21.3 Å². The number of nitrogens with two attached hydrogens (primary N) is 1. The van der Waals surface area contributed by atoms with E-state index in [0.717, 1.165) is 5.56 Å². The van der Waals surface area contributed by atoms with Crippen LogP contribution in [-0.4, -0.2) is 66.4 Å². The summed E-state index contributed by atoms with van der Waals surface area (Å²) in [5, 5.41) is 21.4. The average Bonchev–Trinajstić information content (AvgIpc) is 2.85. The predicted molar refractivity (Wildman–Crippen MR) is 132 cm³/mol. The van der Waals surface area contributed by atoms with Gasteiger partial charge in [-0.25, -0.2) is 0 Å². The Morgan fingerprint density at radius 3 is 2.23 bits per heavy atom. The fraction of sp³-hybridized carbons (Fsp3) is 0.600. The molecule has 0 aromatic heterocycles. The van der Waals surface area contributed by atoms with Crippen LogP contribution in [0.25, 0.3) is 0 Å². The number of Topliss-reactive ketones (excluding diaryl/α,β-unsaturated/α-hetero) is 1. The molecule has 0 saturated carbocycles. The molecule has 0 bridgehead atoms. The van der Waals surface area contributed by atoms with E-state index in [0.29, 0.717) is 26.1 Å². The van der Waals surface area contributed by atoms with Crippen LogP contribution in [0.15, 0.2) is 30.3 Å². The zero-order valence-electron chi connectivity index (χ0n) is 20.8. The van der Waals surface area contributed by atoms with Crippen LogP contribution in [0.4, 0.5) is 0 Å². The summed E-state index contributed by atoms with van der Waals surface area (Å²) in [5.74, 6) is -2.67. The monoisotopic (exact) mass is 489 g/mol. The van der Waals surface area contributed by atoms with Gasteiger partial charge in [-0.05, 0) is 31.9 Å². The Morgan fingerprint density at radius 1 is 1.03 bits per heavy atom. The van der Waals surface area contributed by atoms with Gasteiger partial charge in [0.1, 0.15) is 6.04 Å². The van der Waals surface area contributed by atoms with Gasteiger partial charge in [-0.3, -0.25) is 19.2 Å². The zero-order valence-corrected chi connectivity index (χ0v) is 20.8. The summed E-state index contributed by atoms with van der Waals surface area (Å²) in [5.41, 5.74) is 6.57. The first kappa shape index (κ1) is 28.4. The fourth-order valence-corrected chi connectivity index (χ4v) is 4.06. The highest BCUT2D eigenvalue weighted by Gasteiger charge is 2.35. The molecule has 1 heterocycles. The lowest BCUT2D eigenvalue weighted by atomic mass is 9.88. The summed E-state index contributed by atoms with van der Waals surface area (Å²) in [6.07, 6.45) is -0.613. The minimum atomic E-state index is -1.24. The summed E-state index contributed by atoms with van der Waals surface area (Å²) >= 11 is 0. The van der Waals surface area contributed by atoms with Gasteiger partial charge in [0.05, 0.1) is 24.0 Å². The van der Waals surface area contributed by atoms with Crippen molar-refractivity contribution in [1.29, 1.82) is 0 Å². The molecule has 1 fully saturated rings. The Hall–Kier alpha value is -2.82. The highest BCUT2D eigenvalue weighted by atomic mass is 16.3. The minimum Gasteiger partial charge on any atom is -0.391 e. The smallest absolute Gasteiger partial charge is 0.245 e. The van der Waals surface area contributed by atoms with E-state index >= 15 is 0 Å². The third kappa shape index (κ3) is 8.72. The van der Waals surface area contributed by atoms with Crippen molar-refractivity contribution in [2.45, 2.75) is 58.3 Å². The van der Waals surface area contributed by atoms with Crippen molar-refractivity contribution in [3.05, 3.63) is 35.9 Å². The standard InChI is InChI=1S/C25H39N5O5/c1-15(2)22(32)20(9-10-26)29-25(35)21(16(3)31)30-24(34)19-11-18(13-27-14-19)23(33)28-12-17-7-5-4-6-8-17/h4-8,15-16,18-21,27,31H,9-14,26H2,1-3H3,(H,28,33)(H,29,35)(H,30,34)/t16-,18?,19?,20-,21-/m0/s1. The van der Waals surface area contributed by atoms with Gasteiger partial charge in [-0.15, -0.1) is 0 Å². The van der Waals surface area contributed by atoms with E-state index in [9.17, 15) is 24.3 Å². The molecule has 0 spiro atoms. The molecule has 1 aromatic carbocycles. The van der Waals surface area contributed by atoms with Gasteiger partial charge in [0, 0.05) is 25.6 Å². The third-order valence-corrected chi connectivity index (χ3v) is 6.15. The minimum absolute atomic E-state index is 0.152. The maximum atomic E-state index is 13.0. The van der Waals surface area contributed by atoms with E-state index in [2.05, 4.69) is 21.3 Å². The maximum Gasteiger partial charge on any atom is 0.245 e. The number of hydrogen-bond donors (Lipinski definition) is 6. The SMILES string of the molecule is CC(C)C(=O)[C@H](CCN)NC(=O)[C@@H](NC(=O)C1CNCC(C(=O)NCc2ccccc2)C1)[C@H](C)O. The predicted octanol–water partition coefficient (Wildman–Crippen LogP) is -0.547. The number of hydrogen-bond acceptors (Lipinski definition) is 7. The molecule has 2 unspecified atom stereocenters. The van der Waals surface area contributed by atoms with Crippen molar-refractivity contribution in [2.75, 3.05) is 19.6 Å². The molecule has 1 saturated heterocycles. The number of aliphatic hydroxyl groups is 1. The molecule has 1 aromatic rings. The summed E-state index contributed by atoms with van der Waals surface area (Å²) < 4.78 is 0. The molecule has 10 nitrogen and oxygen atoms in total. The van der Waals surface area contributed by atoms with Crippen LogP contribution in [0.1, 0.15) is 39.2 Å². The van der Waals surface area contributed by atoms with Crippen LogP contribution in [0.3, 0.4) is 0 Å². The Labute approximate surface area is 206 Å². The zero-order chi connectivity index (χ0) is 26.0. The topological polar surface area (TPSA) is 163 Å². The normalized spacial score (nSPS) is 20.4. The van der Waals surface area contributed by atoms with Gasteiger partial charge in [0.25, 0.3) is 0 Å². The van der Waals surface area contributed by atoms with E-state index in [1.165, 1.54) is 6.92 Å². The summed E-state index contributed by atoms with van der Waals surface area (Å²) in [6, 6.07) is 7.51. The maximum absolute atomic E-state index is 13.0. The first-order valence-electron chi connectivity index (χ1n) is 12.2. The van der Waals surface area contributed by atoms with Crippen LogP contribution >= 0.6 is 0 Å². The first-order chi connectivity index (χ1) is 16.6. The number of ketones is 1. The van der Waals surface area contributed by atoms with E-state index in [1.807, 2.05) is 30.3 Å². The number of nitrogens with one attached hydrogen (secondary N) is 4. The lowest BCUT2D eigenvalue weighted by Crippen LogP contribution is -2.58. The second kappa shape index (κ2) is 13.9. The van der Waals surface area contributed by atoms with E-state index < -0.39 is 41.8 Å². The van der Waals surface area contributed by atoms with Crippen LogP contribution in [0.2, 0.25) is 0 Å². The van der Waals surface area contributed by atoms with Crippen molar-refractivity contribution >= 4 is 23.5 Å². The highest BCUT2D eigenvalue weighted by Crippen LogP contribution is 2.18. The van der Waals surface area contributed by atoms with Gasteiger partial charge in [0.15, 0.2) is 5.78 Å². The van der Waals surface area contributed by atoms with Crippen molar-refractivity contribution in [3.8, 4) is 0 Å². The first-order valence-corrected chi connectivity index (χ1v) is 12.2. The molecule has 3 amide bonds. The van der Waals surface area contributed by atoms with Crippen molar-refractivity contribution in [3.63, 3.8) is 0 Å². The lowest BCUT2D eigenvalue weighted by molar-refractivity contribution is -0.136. The number of carbonyl (C=O) groups excluding carboxylic acids is 4. The Balaban J connectivity index is 1.96. The molecule has 194 valence electrons. The van der Waals surface area contributed by atoms with E-state index in [4.69, 9.17) is 5.73 Å². The van der Waals surface area contributed by atoms with E-state index in [-0.39, 0.29) is 30.6 Å². The highest BCUT2D eigenvalue weighted by molar-refractivity contribution is 5.94. The molecule has 1 aliphatic heterocycles. The van der Waals surface area contributed by atoms with Gasteiger partial charge in [-0.1, -0.05) is 44.2 Å². The van der Waals surface area contributed by atoms with Crippen LogP contribution < -0.4 is 27.0 Å². The number of amides is 3. The van der Waals surface area contributed by atoms with Gasteiger partial charge in [0.2, 0.25) is 17.7 Å². The number of carbonyl (C=O) groups is 4. The molecule has 0 aliphatic carbocycles. The van der Waals surface area contributed by atoms with Crippen LogP contribution in [0.5, 0.6) is 0 Å². The third-order valence-electron chi connectivity index (χ3n) is 6.15. The van der Waals surface area contributed by atoms with Crippen molar-refractivity contribution < 1.29 is 24.3 Å². The van der Waals surface area contributed by atoms with Crippen LogP contribution in [-0.2, 0) is 25.7 Å². The fourth-order valence-electron chi connectivity index (χ4n) is 4.06. The summed E-state index contributed by atoms with van der Waals surface area (Å²) in [7, 11) is 0. The Bertz CT molecular complexity index is 861. The van der Waals surface area contributed by atoms with Crippen LogP contribution in [0, 0.1) is 17.8 Å². The molecular formula is C25H39N5O5. The number of aliphatic hydroxyl groups excluding tert-OH is 1. The Morgan fingerprint density at radius 2 is 1.66 bits per heavy atom. The molecule has 5 atom stereocenters. The summed E-state index contributed by atoms with van der Waals surface area (Å²) in [4.78, 5) is 50.9. The number of piperidine rings is 1. The number of benzene rings is 1. The molecule has 35 heavy (non-hydrogen) atoms. The van der Waals surface area contributed by atoms with Gasteiger partial charge >= 0.3 is 0 Å².